The smallest absolute Gasteiger partial charge is 0.270 e. The average Bonchev–Trinajstić information content (AvgIpc) is 2.73. The van der Waals surface area contributed by atoms with Crippen LogP contribution in [0.1, 0.15) is 16.1 Å². The molecule has 1 fully saturated rings. The number of piperazine rings is 1. The molecule has 3 heterocycles. The molecule has 4 rings (SSSR count). The van der Waals surface area contributed by atoms with Crippen LogP contribution in [-0.2, 0) is 11.2 Å². The number of aromatic nitrogens is 2. The summed E-state index contributed by atoms with van der Waals surface area (Å²) in [6.45, 7) is 6.06. The van der Waals surface area contributed by atoms with Gasteiger partial charge >= 0.3 is 0 Å². The van der Waals surface area contributed by atoms with Gasteiger partial charge in [0, 0.05) is 57.5 Å². The number of benzene rings is 1. The zero-order valence-electron chi connectivity index (χ0n) is 15.6. The van der Waals surface area contributed by atoms with Crippen LogP contribution >= 0.6 is 0 Å². The summed E-state index contributed by atoms with van der Waals surface area (Å²) in [5, 5.41) is 2.91. The Labute approximate surface area is 159 Å². The minimum Gasteiger partial charge on any atom is -0.383 e. The molecule has 7 nitrogen and oxygen atoms in total. The summed E-state index contributed by atoms with van der Waals surface area (Å²) >= 11 is 0. The zero-order chi connectivity index (χ0) is 18.6. The first-order chi connectivity index (χ1) is 13.3. The van der Waals surface area contributed by atoms with E-state index >= 15 is 0 Å². The highest BCUT2D eigenvalue weighted by Gasteiger charge is 2.28. The molecule has 0 saturated carbocycles. The van der Waals surface area contributed by atoms with Gasteiger partial charge in [0.1, 0.15) is 11.5 Å². The highest BCUT2D eigenvalue weighted by atomic mass is 16.5. The third-order valence-corrected chi connectivity index (χ3v) is 5.18. The molecule has 142 valence electrons. The van der Waals surface area contributed by atoms with Crippen molar-refractivity contribution in [1.29, 1.82) is 0 Å². The lowest BCUT2D eigenvalue weighted by Crippen LogP contribution is -2.48. The minimum absolute atomic E-state index is 0.101. The Morgan fingerprint density at radius 3 is 2.63 bits per heavy atom. The van der Waals surface area contributed by atoms with Gasteiger partial charge in [0.15, 0.2) is 5.82 Å². The highest BCUT2D eigenvalue weighted by Crippen LogP contribution is 2.28. The molecular weight excluding hydrogens is 342 g/mol. The molecule has 1 aromatic carbocycles. The number of nitrogens with one attached hydrogen (secondary N) is 1. The number of ether oxygens (including phenoxy) is 1. The van der Waals surface area contributed by atoms with Gasteiger partial charge in [0.2, 0.25) is 0 Å². The quantitative estimate of drug-likeness (QED) is 0.856. The van der Waals surface area contributed by atoms with E-state index in [1.807, 2.05) is 30.3 Å². The Morgan fingerprint density at radius 1 is 1.11 bits per heavy atom. The van der Waals surface area contributed by atoms with Gasteiger partial charge in [-0.25, -0.2) is 9.97 Å². The fourth-order valence-electron chi connectivity index (χ4n) is 3.66. The summed E-state index contributed by atoms with van der Waals surface area (Å²) in [6, 6.07) is 9.86. The number of hydrogen-bond donors (Lipinski definition) is 1. The Bertz CT molecular complexity index is 804. The largest absolute Gasteiger partial charge is 0.383 e. The number of anilines is 1. The summed E-state index contributed by atoms with van der Waals surface area (Å²) in [7, 11) is 1.74. The molecule has 2 aliphatic heterocycles. The molecule has 2 aliphatic rings. The van der Waals surface area contributed by atoms with Gasteiger partial charge in [0.25, 0.3) is 5.91 Å². The molecule has 0 radical (unpaired) electrons. The van der Waals surface area contributed by atoms with E-state index < -0.39 is 0 Å². The van der Waals surface area contributed by atoms with E-state index in [-0.39, 0.29) is 5.91 Å². The minimum atomic E-state index is -0.101. The SMILES string of the molecule is COCCN1CCN(c2nc(-c3ccccc3)nc3c2CCNC3=O)CC1. The van der Waals surface area contributed by atoms with E-state index in [0.717, 1.165) is 62.7 Å². The summed E-state index contributed by atoms with van der Waals surface area (Å²) < 4.78 is 5.19. The van der Waals surface area contributed by atoms with Crippen molar-refractivity contribution in [3.63, 3.8) is 0 Å². The number of carbonyl (C=O) groups is 1. The fraction of sp³-hybridized carbons (Fsp3) is 0.450. The van der Waals surface area contributed by atoms with E-state index in [1.165, 1.54) is 0 Å². The average molecular weight is 367 g/mol. The number of amides is 1. The molecule has 0 unspecified atom stereocenters. The molecule has 1 amide bonds. The molecule has 1 aromatic heterocycles. The van der Waals surface area contributed by atoms with E-state index in [4.69, 9.17) is 9.72 Å². The molecule has 7 heteroatoms. The van der Waals surface area contributed by atoms with Crippen molar-refractivity contribution in [1.82, 2.24) is 20.2 Å². The number of methoxy groups -OCH3 is 1. The number of hydrogen-bond acceptors (Lipinski definition) is 6. The van der Waals surface area contributed by atoms with Gasteiger partial charge < -0.3 is 15.0 Å². The Balaban J connectivity index is 1.65. The monoisotopic (exact) mass is 367 g/mol. The first-order valence-electron chi connectivity index (χ1n) is 9.47. The zero-order valence-corrected chi connectivity index (χ0v) is 15.6. The van der Waals surface area contributed by atoms with Gasteiger partial charge in [-0.15, -0.1) is 0 Å². The summed E-state index contributed by atoms with van der Waals surface area (Å²) in [6.07, 6.45) is 0.773. The van der Waals surface area contributed by atoms with Crippen LogP contribution in [0.25, 0.3) is 11.4 Å². The summed E-state index contributed by atoms with van der Waals surface area (Å²) in [4.78, 5) is 26.6. The van der Waals surface area contributed by atoms with Crippen molar-refractivity contribution in [2.75, 3.05) is 57.9 Å². The van der Waals surface area contributed by atoms with Crippen LogP contribution in [-0.4, -0.2) is 73.8 Å². The first-order valence-corrected chi connectivity index (χ1v) is 9.47. The lowest BCUT2D eigenvalue weighted by atomic mass is 10.0. The predicted molar refractivity (Wildman–Crippen MR) is 104 cm³/mol. The van der Waals surface area contributed by atoms with Gasteiger partial charge in [-0.1, -0.05) is 30.3 Å². The van der Waals surface area contributed by atoms with E-state index in [9.17, 15) is 4.79 Å². The van der Waals surface area contributed by atoms with Crippen LogP contribution < -0.4 is 10.2 Å². The Kier molecular flexibility index (Phi) is 5.31. The van der Waals surface area contributed by atoms with Gasteiger partial charge in [0.05, 0.1) is 6.61 Å². The molecule has 1 saturated heterocycles. The molecule has 2 aromatic rings. The van der Waals surface area contributed by atoms with E-state index in [2.05, 4.69) is 20.1 Å². The van der Waals surface area contributed by atoms with Crippen molar-refractivity contribution in [2.24, 2.45) is 0 Å². The number of nitrogens with zero attached hydrogens (tertiary/aromatic N) is 4. The molecule has 27 heavy (non-hydrogen) atoms. The maximum absolute atomic E-state index is 12.4. The summed E-state index contributed by atoms with van der Waals surface area (Å²) in [5.74, 6) is 1.43. The number of rotatable bonds is 5. The van der Waals surface area contributed by atoms with Crippen LogP contribution in [0.4, 0.5) is 5.82 Å². The van der Waals surface area contributed by atoms with Crippen LogP contribution in [0.5, 0.6) is 0 Å². The van der Waals surface area contributed by atoms with E-state index in [0.29, 0.717) is 18.1 Å². The second kappa shape index (κ2) is 8.02. The lowest BCUT2D eigenvalue weighted by molar-refractivity contribution is 0.0940. The number of fused-ring (bicyclic) bond motifs is 1. The van der Waals surface area contributed by atoms with Crippen molar-refractivity contribution < 1.29 is 9.53 Å². The van der Waals surface area contributed by atoms with Gasteiger partial charge in [-0.05, 0) is 6.42 Å². The Morgan fingerprint density at radius 2 is 1.89 bits per heavy atom. The third-order valence-electron chi connectivity index (χ3n) is 5.18. The fourth-order valence-corrected chi connectivity index (χ4v) is 3.66. The first kappa shape index (κ1) is 17.9. The molecule has 0 spiro atoms. The predicted octanol–water partition coefficient (Wildman–Crippen LogP) is 1.20. The van der Waals surface area contributed by atoms with Crippen molar-refractivity contribution in [3.05, 3.63) is 41.6 Å². The molecule has 0 bridgehead atoms. The van der Waals surface area contributed by atoms with Gasteiger partial charge in [-0.3, -0.25) is 9.69 Å². The second-order valence-corrected chi connectivity index (χ2v) is 6.89. The molecule has 0 atom stereocenters. The lowest BCUT2D eigenvalue weighted by Gasteiger charge is -2.36. The standard InChI is InChI=1S/C20H25N5O2/c1-27-14-13-24-9-11-25(12-10-24)19-16-7-8-21-20(26)17(16)22-18(23-19)15-5-3-2-4-6-15/h2-6H,7-14H2,1H3,(H,21,26). The maximum Gasteiger partial charge on any atom is 0.270 e. The highest BCUT2D eigenvalue weighted by molar-refractivity contribution is 5.96. The molecule has 1 N–H and O–H groups in total. The molecule has 0 aliphatic carbocycles. The topological polar surface area (TPSA) is 70.6 Å². The normalized spacial score (nSPS) is 17.5. The maximum atomic E-state index is 12.4. The summed E-state index contributed by atoms with van der Waals surface area (Å²) in [5.41, 5.74) is 2.43. The second-order valence-electron chi connectivity index (χ2n) is 6.89. The number of carbonyl (C=O) groups excluding carboxylic acids is 1. The van der Waals surface area contributed by atoms with Gasteiger partial charge in [-0.2, -0.15) is 0 Å². The van der Waals surface area contributed by atoms with E-state index in [1.54, 1.807) is 7.11 Å². The van der Waals surface area contributed by atoms with Crippen LogP contribution in [0.2, 0.25) is 0 Å². The van der Waals surface area contributed by atoms with Crippen LogP contribution in [0, 0.1) is 0 Å². The Hall–Kier alpha value is -2.51. The van der Waals surface area contributed by atoms with Crippen molar-refractivity contribution in [3.8, 4) is 11.4 Å². The third kappa shape index (κ3) is 3.79. The van der Waals surface area contributed by atoms with Crippen LogP contribution in [0.3, 0.4) is 0 Å². The van der Waals surface area contributed by atoms with Crippen molar-refractivity contribution in [2.45, 2.75) is 6.42 Å². The van der Waals surface area contributed by atoms with Crippen LogP contribution in [0.15, 0.2) is 30.3 Å². The van der Waals surface area contributed by atoms with Crippen molar-refractivity contribution >= 4 is 11.7 Å². The molecular formula is C20H25N5O2.